The Morgan fingerprint density at radius 2 is 1.97 bits per heavy atom. The van der Waals surface area contributed by atoms with E-state index in [0.29, 0.717) is 19.0 Å². The third kappa shape index (κ3) is 4.12. The van der Waals surface area contributed by atoms with Crippen LogP contribution < -0.4 is 9.64 Å². The molecule has 6 heteroatoms. The summed E-state index contributed by atoms with van der Waals surface area (Å²) in [6.07, 6.45) is 3.09. The highest BCUT2D eigenvalue weighted by molar-refractivity contribution is 6.07. The summed E-state index contributed by atoms with van der Waals surface area (Å²) in [5.41, 5.74) is 1.70. The van der Waals surface area contributed by atoms with Gasteiger partial charge in [-0.25, -0.2) is 9.37 Å². The van der Waals surface area contributed by atoms with E-state index in [4.69, 9.17) is 14.5 Å². The van der Waals surface area contributed by atoms with Crippen LogP contribution in [0.25, 0.3) is 17.0 Å². The molecule has 1 aliphatic rings. The number of halogens is 1. The smallest absolute Gasteiger partial charge is 0.188 e. The Bertz CT molecular complexity index is 1070. The number of ether oxygens (including phenoxy) is 2. The van der Waals surface area contributed by atoms with Gasteiger partial charge < -0.3 is 14.4 Å². The Morgan fingerprint density at radius 1 is 1.17 bits per heavy atom. The second-order valence-corrected chi connectivity index (χ2v) is 6.74. The molecule has 0 N–H and O–H groups in total. The number of pyridine rings is 1. The van der Waals surface area contributed by atoms with Crippen molar-refractivity contribution in [2.45, 2.75) is 0 Å². The molecule has 0 amide bonds. The predicted molar refractivity (Wildman–Crippen MR) is 111 cm³/mol. The van der Waals surface area contributed by atoms with Crippen LogP contribution in [0.2, 0.25) is 0 Å². The molecular formula is C23H21FN2O3. The van der Waals surface area contributed by atoms with Gasteiger partial charge in [0.05, 0.1) is 31.4 Å². The predicted octanol–water partition coefficient (Wildman–Crippen LogP) is 4.12. The monoisotopic (exact) mass is 392 g/mol. The molecule has 0 atom stereocenters. The number of ketones is 1. The number of carbonyl (C=O) groups is 1. The van der Waals surface area contributed by atoms with Crippen molar-refractivity contribution < 1.29 is 18.7 Å². The molecule has 1 fully saturated rings. The standard InChI is InChI=1S/C23H21FN2O3/c1-28-18-7-8-19(20(24)15-18)22(27)9-6-17-14-16-4-2-3-5-21(16)25-23(17)26-10-12-29-13-11-26/h2-9,14-15H,10-13H2,1H3/b9-6+. The lowest BCUT2D eigenvalue weighted by atomic mass is 10.1. The van der Waals surface area contributed by atoms with Crippen LogP contribution in [0.15, 0.2) is 54.6 Å². The summed E-state index contributed by atoms with van der Waals surface area (Å²) in [6, 6.07) is 14.1. The molecule has 0 unspecified atom stereocenters. The Labute approximate surface area is 168 Å². The molecule has 1 saturated heterocycles. The lowest BCUT2D eigenvalue weighted by molar-refractivity contribution is 0.104. The van der Waals surface area contributed by atoms with E-state index in [-0.39, 0.29) is 5.56 Å². The van der Waals surface area contributed by atoms with E-state index in [0.717, 1.165) is 35.4 Å². The fraction of sp³-hybridized carbons (Fsp3) is 0.217. The second kappa shape index (κ2) is 8.41. The van der Waals surface area contributed by atoms with Crippen molar-refractivity contribution in [1.82, 2.24) is 4.98 Å². The molecule has 0 saturated carbocycles. The van der Waals surface area contributed by atoms with E-state index < -0.39 is 11.6 Å². The molecular weight excluding hydrogens is 371 g/mol. The average molecular weight is 392 g/mol. The molecule has 0 spiro atoms. The van der Waals surface area contributed by atoms with Gasteiger partial charge in [0.1, 0.15) is 17.4 Å². The summed E-state index contributed by atoms with van der Waals surface area (Å²) >= 11 is 0. The van der Waals surface area contributed by atoms with E-state index in [2.05, 4.69) is 4.90 Å². The number of allylic oxidation sites excluding steroid dienone is 1. The Kier molecular flexibility index (Phi) is 5.53. The van der Waals surface area contributed by atoms with Crippen LogP contribution in [-0.2, 0) is 4.74 Å². The highest BCUT2D eigenvalue weighted by atomic mass is 19.1. The number of hydrogen-bond donors (Lipinski definition) is 0. The molecule has 1 aromatic heterocycles. The zero-order chi connectivity index (χ0) is 20.2. The van der Waals surface area contributed by atoms with Crippen molar-refractivity contribution in [3.05, 3.63) is 71.6 Å². The molecule has 2 aromatic carbocycles. The van der Waals surface area contributed by atoms with Gasteiger partial charge in [0.25, 0.3) is 0 Å². The number of fused-ring (bicyclic) bond motifs is 1. The number of para-hydroxylation sites is 1. The van der Waals surface area contributed by atoms with Crippen LogP contribution in [0.3, 0.4) is 0 Å². The van der Waals surface area contributed by atoms with Crippen LogP contribution in [-0.4, -0.2) is 44.2 Å². The normalized spacial score (nSPS) is 14.5. The topological polar surface area (TPSA) is 51.7 Å². The minimum absolute atomic E-state index is 0.00345. The van der Waals surface area contributed by atoms with Gasteiger partial charge in [-0.3, -0.25) is 4.79 Å². The first-order chi connectivity index (χ1) is 14.2. The lowest BCUT2D eigenvalue weighted by Crippen LogP contribution is -2.37. The average Bonchev–Trinajstić information content (AvgIpc) is 2.77. The van der Waals surface area contributed by atoms with E-state index in [1.54, 1.807) is 12.1 Å². The summed E-state index contributed by atoms with van der Waals surface area (Å²) in [4.78, 5) is 19.5. The van der Waals surface area contributed by atoms with E-state index in [1.165, 1.54) is 25.3 Å². The van der Waals surface area contributed by atoms with Gasteiger partial charge in [-0.15, -0.1) is 0 Å². The number of morpholine rings is 1. The number of nitrogens with zero attached hydrogens (tertiary/aromatic N) is 2. The van der Waals surface area contributed by atoms with Crippen molar-refractivity contribution >= 4 is 28.6 Å². The first-order valence-electron chi connectivity index (χ1n) is 9.44. The molecule has 0 radical (unpaired) electrons. The molecule has 29 heavy (non-hydrogen) atoms. The number of hydrogen-bond acceptors (Lipinski definition) is 5. The number of carbonyl (C=O) groups excluding carboxylic acids is 1. The van der Waals surface area contributed by atoms with Gasteiger partial charge in [-0.2, -0.15) is 0 Å². The number of rotatable bonds is 5. The van der Waals surface area contributed by atoms with E-state index in [1.807, 2.05) is 30.3 Å². The molecule has 0 bridgehead atoms. The van der Waals surface area contributed by atoms with Gasteiger partial charge in [0.15, 0.2) is 5.78 Å². The van der Waals surface area contributed by atoms with Crippen molar-refractivity contribution in [2.24, 2.45) is 0 Å². The molecule has 3 aromatic rings. The van der Waals surface area contributed by atoms with Gasteiger partial charge >= 0.3 is 0 Å². The van der Waals surface area contributed by atoms with Gasteiger partial charge in [-0.1, -0.05) is 18.2 Å². The molecule has 5 nitrogen and oxygen atoms in total. The third-order valence-electron chi connectivity index (χ3n) is 4.90. The van der Waals surface area contributed by atoms with Crippen LogP contribution in [0, 0.1) is 5.82 Å². The molecule has 2 heterocycles. The van der Waals surface area contributed by atoms with Crippen LogP contribution in [0.1, 0.15) is 15.9 Å². The Morgan fingerprint density at radius 3 is 2.72 bits per heavy atom. The first kappa shape index (κ1) is 19.1. The second-order valence-electron chi connectivity index (χ2n) is 6.74. The molecule has 0 aliphatic carbocycles. The zero-order valence-electron chi connectivity index (χ0n) is 16.1. The Balaban J connectivity index is 1.69. The third-order valence-corrected chi connectivity index (χ3v) is 4.90. The van der Waals surface area contributed by atoms with Crippen LogP contribution in [0.5, 0.6) is 5.75 Å². The molecule has 1 aliphatic heterocycles. The summed E-state index contributed by atoms with van der Waals surface area (Å²) in [6.45, 7) is 2.72. The van der Waals surface area contributed by atoms with Crippen molar-refractivity contribution in [2.75, 3.05) is 38.3 Å². The minimum Gasteiger partial charge on any atom is -0.497 e. The van der Waals surface area contributed by atoms with Crippen molar-refractivity contribution in [3.8, 4) is 5.75 Å². The number of aromatic nitrogens is 1. The summed E-state index contributed by atoms with van der Waals surface area (Å²) in [5, 5.41) is 0.979. The summed E-state index contributed by atoms with van der Waals surface area (Å²) in [5.74, 6) is 0.151. The maximum absolute atomic E-state index is 14.2. The highest BCUT2D eigenvalue weighted by Crippen LogP contribution is 2.26. The Hall–Kier alpha value is -3.25. The van der Waals surface area contributed by atoms with Gasteiger partial charge in [0.2, 0.25) is 0 Å². The van der Waals surface area contributed by atoms with Crippen LogP contribution in [0.4, 0.5) is 10.2 Å². The molecule has 148 valence electrons. The number of methoxy groups -OCH3 is 1. The zero-order valence-corrected chi connectivity index (χ0v) is 16.1. The fourth-order valence-electron chi connectivity index (χ4n) is 3.35. The summed E-state index contributed by atoms with van der Waals surface area (Å²) < 4.78 is 24.7. The lowest BCUT2D eigenvalue weighted by Gasteiger charge is -2.29. The quantitative estimate of drug-likeness (QED) is 0.483. The van der Waals surface area contributed by atoms with E-state index in [9.17, 15) is 9.18 Å². The van der Waals surface area contributed by atoms with Gasteiger partial charge in [0, 0.05) is 30.1 Å². The number of benzene rings is 2. The van der Waals surface area contributed by atoms with Crippen LogP contribution >= 0.6 is 0 Å². The van der Waals surface area contributed by atoms with Crippen molar-refractivity contribution in [3.63, 3.8) is 0 Å². The largest absolute Gasteiger partial charge is 0.497 e. The van der Waals surface area contributed by atoms with Crippen molar-refractivity contribution in [1.29, 1.82) is 0 Å². The molecule has 4 rings (SSSR count). The minimum atomic E-state index is -0.607. The number of anilines is 1. The SMILES string of the molecule is COc1ccc(C(=O)/C=C/c2cc3ccccc3nc2N2CCOCC2)c(F)c1. The first-order valence-corrected chi connectivity index (χ1v) is 9.44. The van der Waals surface area contributed by atoms with Gasteiger partial charge in [-0.05, 0) is 36.4 Å². The highest BCUT2D eigenvalue weighted by Gasteiger charge is 2.17. The maximum Gasteiger partial charge on any atom is 0.188 e. The maximum atomic E-state index is 14.2. The fourth-order valence-corrected chi connectivity index (χ4v) is 3.35. The van der Waals surface area contributed by atoms with E-state index >= 15 is 0 Å². The summed E-state index contributed by atoms with van der Waals surface area (Å²) in [7, 11) is 1.45.